The quantitative estimate of drug-likeness (QED) is 0.743. The first-order valence-electron chi connectivity index (χ1n) is 8.95. The summed E-state index contributed by atoms with van der Waals surface area (Å²) in [6, 6.07) is 14.2. The van der Waals surface area contributed by atoms with Crippen LogP contribution in [-0.2, 0) is 13.0 Å². The highest BCUT2D eigenvalue weighted by atomic mass is 32.1. The molecule has 2 aromatic heterocycles. The van der Waals surface area contributed by atoms with Crippen molar-refractivity contribution in [1.82, 2.24) is 15.1 Å². The molecule has 1 amide bonds. The van der Waals surface area contributed by atoms with Crippen LogP contribution < -0.4 is 5.32 Å². The van der Waals surface area contributed by atoms with E-state index in [1.807, 2.05) is 29.8 Å². The molecule has 0 spiro atoms. The average molecular weight is 366 g/mol. The van der Waals surface area contributed by atoms with Crippen LogP contribution in [0.2, 0.25) is 0 Å². The van der Waals surface area contributed by atoms with Crippen LogP contribution in [0.15, 0.2) is 54.0 Å². The van der Waals surface area contributed by atoms with Gasteiger partial charge < -0.3 is 5.32 Å². The van der Waals surface area contributed by atoms with Gasteiger partial charge in [0.15, 0.2) is 0 Å². The van der Waals surface area contributed by atoms with E-state index in [9.17, 15) is 4.79 Å². The number of thiophene rings is 1. The topological polar surface area (TPSA) is 46.9 Å². The highest BCUT2D eigenvalue weighted by molar-refractivity contribution is 7.12. The number of nitrogens with one attached hydrogen (secondary N) is 1. The Labute approximate surface area is 157 Å². The van der Waals surface area contributed by atoms with Crippen molar-refractivity contribution in [1.29, 1.82) is 0 Å². The predicted molar refractivity (Wildman–Crippen MR) is 104 cm³/mol. The third-order valence-corrected chi connectivity index (χ3v) is 5.85. The molecule has 3 aromatic rings. The molecule has 0 saturated heterocycles. The third-order valence-electron chi connectivity index (χ3n) is 4.98. The zero-order valence-corrected chi connectivity index (χ0v) is 15.9. The Kier molecular flexibility index (Phi) is 4.41. The molecule has 1 unspecified atom stereocenters. The minimum atomic E-state index is 0.00413. The lowest BCUT2D eigenvalue weighted by molar-refractivity contribution is 0.0923. The summed E-state index contributed by atoms with van der Waals surface area (Å²) in [4.78, 5) is 13.3. The van der Waals surface area contributed by atoms with Gasteiger partial charge in [0.25, 0.3) is 5.91 Å². The second-order valence-corrected chi connectivity index (χ2v) is 8.69. The molecule has 1 aliphatic rings. The number of hydrogen-bond donors (Lipinski definition) is 1. The number of benzene rings is 1. The van der Waals surface area contributed by atoms with Gasteiger partial charge >= 0.3 is 0 Å². The van der Waals surface area contributed by atoms with E-state index < -0.39 is 0 Å². The van der Waals surface area contributed by atoms with Gasteiger partial charge in [-0.05, 0) is 35.3 Å². The van der Waals surface area contributed by atoms with E-state index in [0.29, 0.717) is 0 Å². The summed E-state index contributed by atoms with van der Waals surface area (Å²) in [5.74, 6) is 0.00413. The van der Waals surface area contributed by atoms with Crippen molar-refractivity contribution in [2.45, 2.75) is 39.3 Å². The smallest absolute Gasteiger partial charge is 0.261 e. The molecule has 1 atom stereocenters. The van der Waals surface area contributed by atoms with Gasteiger partial charge in [0.2, 0.25) is 0 Å². The highest BCUT2D eigenvalue weighted by Crippen LogP contribution is 2.41. The monoisotopic (exact) mass is 365 g/mol. The van der Waals surface area contributed by atoms with Gasteiger partial charge in [-0.15, -0.1) is 11.3 Å². The summed E-state index contributed by atoms with van der Waals surface area (Å²) >= 11 is 1.47. The maximum Gasteiger partial charge on any atom is 0.261 e. The maximum absolute atomic E-state index is 12.6. The Morgan fingerprint density at radius 2 is 2.08 bits per heavy atom. The normalized spacial score (nSPS) is 18.3. The molecule has 2 heterocycles. The SMILES string of the molecule is CC1(C)Cc2c(cnn2Cc2ccccc2)C(NC(=O)c2cccs2)C1. The van der Waals surface area contributed by atoms with Gasteiger partial charge in [-0.1, -0.05) is 50.2 Å². The first-order chi connectivity index (χ1) is 12.5. The van der Waals surface area contributed by atoms with Crippen LogP contribution in [-0.4, -0.2) is 15.7 Å². The van der Waals surface area contributed by atoms with E-state index in [1.165, 1.54) is 22.6 Å². The number of rotatable bonds is 4. The molecule has 26 heavy (non-hydrogen) atoms. The maximum atomic E-state index is 12.6. The number of fused-ring (bicyclic) bond motifs is 1. The predicted octanol–water partition coefficient (Wildman–Crippen LogP) is 4.44. The molecule has 0 aliphatic heterocycles. The molecule has 5 heteroatoms. The molecule has 4 rings (SSSR count). The number of carbonyl (C=O) groups excluding carboxylic acids is 1. The van der Waals surface area contributed by atoms with Gasteiger partial charge in [0.1, 0.15) is 0 Å². The van der Waals surface area contributed by atoms with E-state index in [4.69, 9.17) is 0 Å². The second-order valence-electron chi connectivity index (χ2n) is 7.74. The van der Waals surface area contributed by atoms with E-state index >= 15 is 0 Å². The minimum absolute atomic E-state index is 0.00413. The number of carbonyl (C=O) groups is 1. The minimum Gasteiger partial charge on any atom is -0.344 e. The average Bonchev–Trinajstić information content (AvgIpc) is 3.26. The molecule has 1 N–H and O–H groups in total. The van der Waals surface area contributed by atoms with Crippen LogP contribution in [0.1, 0.15) is 52.8 Å². The molecular weight excluding hydrogens is 342 g/mol. The van der Waals surface area contributed by atoms with Crippen molar-refractivity contribution < 1.29 is 4.79 Å². The molecule has 0 fully saturated rings. The van der Waals surface area contributed by atoms with Crippen molar-refractivity contribution in [2.24, 2.45) is 5.41 Å². The summed E-state index contributed by atoms with van der Waals surface area (Å²) in [6.45, 7) is 5.29. The molecular formula is C21H23N3OS. The van der Waals surface area contributed by atoms with Gasteiger partial charge in [0.05, 0.1) is 23.7 Å². The van der Waals surface area contributed by atoms with Crippen LogP contribution in [0.3, 0.4) is 0 Å². The number of aromatic nitrogens is 2. The Morgan fingerprint density at radius 3 is 2.81 bits per heavy atom. The Hall–Kier alpha value is -2.40. The zero-order chi connectivity index (χ0) is 18.1. The highest BCUT2D eigenvalue weighted by Gasteiger charge is 2.35. The first kappa shape index (κ1) is 17.0. The lowest BCUT2D eigenvalue weighted by Gasteiger charge is -2.36. The van der Waals surface area contributed by atoms with Crippen LogP contribution in [0, 0.1) is 5.41 Å². The van der Waals surface area contributed by atoms with Gasteiger partial charge in [-0.25, -0.2) is 0 Å². The van der Waals surface area contributed by atoms with Crippen molar-refractivity contribution >= 4 is 17.2 Å². The summed E-state index contributed by atoms with van der Waals surface area (Å²) in [7, 11) is 0. The fourth-order valence-electron chi connectivity index (χ4n) is 3.76. The standard InChI is InChI=1S/C21H23N3OS/c1-21(2)11-17(23-20(25)19-9-6-10-26-19)16-13-22-24(18(16)12-21)14-15-7-4-3-5-8-15/h3-10,13,17H,11-12,14H2,1-2H3,(H,23,25). The summed E-state index contributed by atoms with van der Waals surface area (Å²) in [5, 5.41) is 9.81. The fraction of sp³-hybridized carbons (Fsp3) is 0.333. The lowest BCUT2D eigenvalue weighted by Crippen LogP contribution is -2.36. The molecule has 1 aliphatic carbocycles. The van der Waals surface area contributed by atoms with Crippen LogP contribution in [0.4, 0.5) is 0 Å². The number of hydrogen-bond acceptors (Lipinski definition) is 3. The molecule has 4 nitrogen and oxygen atoms in total. The van der Waals surface area contributed by atoms with E-state index in [-0.39, 0.29) is 17.4 Å². The van der Waals surface area contributed by atoms with Crippen LogP contribution in [0.5, 0.6) is 0 Å². The molecule has 0 bridgehead atoms. The van der Waals surface area contributed by atoms with E-state index in [2.05, 4.69) is 53.2 Å². The fourth-order valence-corrected chi connectivity index (χ4v) is 4.38. The van der Waals surface area contributed by atoms with Crippen molar-refractivity contribution in [3.63, 3.8) is 0 Å². The number of nitrogens with zero attached hydrogens (tertiary/aromatic N) is 2. The van der Waals surface area contributed by atoms with Crippen LogP contribution >= 0.6 is 11.3 Å². The molecule has 0 radical (unpaired) electrons. The summed E-state index contributed by atoms with van der Waals surface area (Å²) in [5.41, 5.74) is 3.75. The Balaban J connectivity index is 1.62. The number of amides is 1. The zero-order valence-electron chi connectivity index (χ0n) is 15.1. The van der Waals surface area contributed by atoms with E-state index in [0.717, 1.165) is 29.8 Å². The Bertz CT molecular complexity index is 897. The van der Waals surface area contributed by atoms with Crippen molar-refractivity contribution in [3.8, 4) is 0 Å². The van der Waals surface area contributed by atoms with Crippen molar-refractivity contribution in [3.05, 3.63) is 75.7 Å². The molecule has 0 saturated carbocycles. The van der Waals surface area contributed by atoms with Gasteiger partial charge in [-0.3, -0.25) is 9.48 Å². The van der Waals surface area contributed by atoms with Crippen molar-refractivity contribution in [2.75, 3.05) is 0 Å². The van der Waals surface area contributed by atoms with E-state index in [1.54, 1.807) is 0 Å². The Morgan fingerprint density at radius 1 is 1.27 bits per heavy atom. The second kappa shape index (κ2) is 6.72. The lowest BCUT2D eigenvalue weighted by atomic mass is 9.74. The molecule has 1 aromatic carbocycles. The summed E-state index contributed by atoms with van der Waals surface area (Å²) in [6.07, 6.45) is 3.83. The largest absolute Gasteiger partial charge is 0.344 e. The first-order valence-corrected chi connectivity index (χ1v) is 9.83. The van der Waals surface area contributed by atoms with Gasteiger partial charge in [-0.2, -0.15) is 5.10 Å². The third kappa shape index (κ3) is 3.44. The van der Waals surface area contributed by atoms with Crippen LogP contribution in [0.25, 0.3) is 0 Å². The molecule has 134 valence electrons. The van der Waals surface area contributed by atoms with Gasteiger partial charge in [0, 0.05) is 11.3 Å². The summed E-state index contributed by atoms with van der Waals surface area (Å²) < 4.78 is 2.09.